The summed E-state index contributed by atoms with van der Waals surface area (Å²) in [5.41, 5.74) is 0. The lowest BCUT2D eigenvalue weighted by Gasteiger charge is -2.06. The predicted molar refractivity (Wildman–Crippen MR) is 69.1 cm³/mol. The molecule has 2 heterocycles. The second-order valence-corrected chi connectivity index (χ2v) is 5.76. The van der Waals surface area contributed by atoms with Crippen LogP contribution in [0.1, 0.15) is 6.92 Å². The first kappa shape index (κ1) is 12.7. The van der Waals surface area contributed by atoms with Gasteiger partial charge in [0.05, 0.1) is 6.20 Å². The summed E-state index contributed by atoms with van der Waals surface area (Å²) in [6.07, 6.45) is 2.65. The fourth-order valence-corrected chi connectivity index (χ4v) is 2.86. The van der Waals surface area contributed by atoms with Crippen molar-refractivity contribution in [1.29, 1.82) is 0 Å². The van der Waals surface area contributed by atoms with Crippen LogP contribution in [0.15, 0.2) is 29.4 Å². The van der Waals surface area contributed by atoms with Crippen LogP contribution >= 0.6 is 11.5 Å². The van der Waals surface area contributed by atoms with Crippen LogP contribution in [0.5, 0.6) is 0 Å². The minimum absolute atomic E-state index is 0.0950. The molecule has 0 spiro atoms. The Labute approximate surface area is 108 Å². The second-order valence-electron chi connectivity index (χ2n) is 3.30. The third-order valence-corrected chi connectivity index (χ3v) is 4.06. The van der Waals surface area contributed by atoms with E-state index in [4.69, 9.17) is 0 Å². The smallest absolute Gasteiger partial charge is 0.264 e. The highest BCUT2D eigenvalue weighted by Gasteiger charge is 2.15. The second kappa shape index (κ2) is 5.27. The van der Waals surface area contributed by atoms with Crippen LogP contribution in [0, 0.1) is 0 Å². The molecule has 0 amide bonds. The van der Waals surface area contributed by atoms with Crippen LogP contribution in [0.2, 0.25) is 0 Å². The molecular formula is C9H11N5O2S2. The summed E-state index contributed by atoms with van der Waals surface area (Å²) >= 11 is 0.972. The van der Waals surface area contributed by atoms with Gasteiger partial charge in [-0.15, -0.1) is 5.10 Å². The number of hydrogen-bond acceptors (Lipinski definition) is 7. The molecule has 0 aliphatic heterocycles. The van der Waals surface area contributed by atoms with Crippen molar-refractivity contribution in [1.82, 2.24) is 14.6 Å². The Morgan fingerprint density at radius 2 is 2.17 bits per heavy atom. The molecule has 2 aromatic heterocycles. The summed E-state index contributed by atoms with van der Waals surface area (Å²) in [4.78, 5) is 4.10. The normalized spacial score (nSPS) is 11.2. The fourth-order valence-electron chi connectivity index (χ4n) is 1.23. The number of anilines is 2. The van der Waals surface area contributed by atoms with E-state index in [-0.39, 0.29) is 4.90 Å². The zero-order valence-corrected chi connectivity index (χ0v) is 11.1. The standard InChI is InChI=1S/C9H11N5O2S2/c1-2-10-8-4-3-7(5-11-8)18(15,16)13-9-6-12-14-17-9/h3-6,13H,2H2,1H3,(H,10,11). The third-order valence-electron chi connectivity index (χ3n) is 2.00. The van der Waals surface area contributed by atoms with Crippen molar-refractivity contribution < 1.29 is 8.42 Å². The minimum atomic E-state index is -3.62. The van der Waals surface area contributed by atoms with Gasteiger partial charge < -0.3 is 5.32 Å². The number of nitrogens with one attached hydrogen (secondary N) is 2. The van der Waals surface area contributed by atoms with Crippen molar-refractivity contribution in [2.24, 2.45) is 0 Å². The molecule has 2 rings (SSSR count). The first-order valence-corrected chi connectivity index (χ1v) is 7.37. The van der Waals surface area contributed by atoms with E-state index in [9.17, 15) is 8.42 Å². The Morgan fingerprint density at radius 3 is 2.72 bits per heavy atom. The molecule has 18 heavy (non-hydrogen) atoms. The largest absolute Gasteiger partial charge is 0.370 e. The Bertz CT molecular complexity index is 594. The van der Waals surface area contributed by atoms with Gasteiger partial charge in [0.1, 0.15) is 15.7 Å². The topological polar surface area (TPSA) is 96.9 Å². The molecular weight excluding hydrogens is 274 g/mol. The van der Waals surface area contributed by atoms with Gasteiger partial charge in [-0.2, -0.15) is 0 Å². The highest BCUT2D eigenvalue weighted by molar-refractivity contribution is 7.93. The Hall–Kier alpha value is -1.74. The van der Waals surface area contributed by atoms with Crippen molar-refractivity contribution in [3.63, 3.8) is 0 Å². The molecule has 9 heteroatoms. The van der Waals surface area contributed by atoms with Crippen LogP contribution in [0.25, 0.3) is 0 Å². The number of nitrogens with zero attached hydrogens (tertiary/aromatic N) is 3. The number of aromatic nitrogens is 3. The number of pyridine rings is 1. The van der Waals surface area contributed by atoms with E-state index in [1.807, 2.05) is 6.92 Å². The minimum Gasteiger partial charge on any atom is -0.370 e. The van der Waals surface area contributed by atoms with Gasteiger partial charge in [-0.25, -0.2) is 13.4 Å². The molecule has 2 aromatic rings. The van der Waals surface area contributed by atoms with Gasteiger partial charge in [0.25, 0.3) is 10.0 Å². The predicted octanol–water partition coefficient (Wildman–Crippen LogP) is 1.17. The average molecular weight is 285 g/mol. The number of rotatable bonds is 5. The van der Waals surface area contributed by atoms with Crippen molar-refractivity contribution >= 4 is 32.4 Å². The molecule has 0 saturated heterocycles. The molecule has 7 nitrogen and oxygen atoms in total. The SMILES string of the molecule is CCNc1ccc(S(=O)(=O)Nc2cnns2)cn1. The van der Waals surface area contributed by atoms with Gasteiger partial charge in [-0.05, 0) is 19.1 Å². The molecule has 0 radical (unpaired) electrons. The summed E-state index contributed by atoms with van der Waals surface area (Å²) in [6, 6.07) is 3.10. The van der Waals surface area contributed by atoms with E-state index < -0.39 is 10.0 Å². The molecule has 0 fully saturated rings. The average Bonchev–Trinajstić information content (AvgIpc) is 2.82. The molecule has 96 valence electrons. The Balaban J connectivity index is 2.19. The van der Waals surface area contributed by atoms with Gasteiger partial charge in [-0.3, -0.25) is 4.72 Å². The summed E-state index contributed by atoms with van der Waals surface area (Å²) < 4.78 is 29.8. The summed E-state index contributed by atoms with van der Waals surface area (Å²) in [5, 5.41) is 6.91. The van der Waals surface area contributed by atoms with Gasteiger partial charge in [-0.1, -0.05) is 4.49 Å². The van der Waals surface area contributed by atoms with E-state index >= 15 is 0 Å². The highest BCUT2D eigenvalue weighted by Crippen LogP contribution is 2.17. The summed E-state index contributed by atoms with van der Waals surface area (Å²) in [7, 11) is -3.62. The van der Waals surface area contributed by atoms with Gasteiger partial charge in [0.2, 0.25) is 0 Å². The van der Waals surface area contributed by atoms with E-state index in [0.717, 1.165) is 18.1 Å². The lowest BCUT2D eigenvalue weighted by atomic mass is 10.4. The van der Waals surface area contributed by atoms with Crippen LogP contribution in [-0.2, 0) is 10.0 Å². The van der Waals surface area contributed by atoms with Crippen LogP contribution in [0.4, 0.5) is 10.8 Å². The van der Waals surface area contributed by atoms with E-state index in [0.29, 0.717) is 10.8 Å². The lowest BCUT2D eigenvalue weighted by Crippen LogP contribution is -2.12. The lowest BCUT2D eigenvalue weighted by molar-refractivity contribution is 0.601. The third kappa shape index (κ3) is 2.93. The maximum absolute atomic E-state index is 11.9. The molecule has 0 unspecified atom stereocenters. The molecule has 0 aromatic carbocycles. The Kier molecular flexibility index (Phi) is 3.72. The van der Waals surface area contributed by atoms with Crippen LogP contribution in [0.3, 0.4) is 0 Å². The van der Waals surface area contributed by atoms with Gasteiger partial charge >= 0.3 is 0 Å². The molecule has 0 bridgehead atoms. The highest BCUT2D eigenvalue weighted by atomic mass is 32.2. The molecule has 0 aliphatic rings. The van der Waals surface area contributed by atoms with Crippen molar-refractivity contribution in [2.45, 2.75) is 11.8 Å². The molecule has 2 N–H and O–H groups in total. The molecule has 0 aliphatic carbocycles. The van der Waals surface area contributed by atoms with Crippen molar-refractivity contribution in [3.05, 3.63) is 24.5 Å². The van der Waals surface area contributed by atoms with E-state index in [1.165, 1.54) is 18.5 Å². The van der Waals surface area contributed by atoms with Crippen LogP contribution in [-0.4, -0.2) is 29.5 Å². The molecule has 0 atom stereocenters. The fraction of sp³-hybridized carbons (Fsp3) is 0.222. The number of sulfonamides is 1. The maximum Gasteiger partial charge on any atom is 0.264 e. The van der Waals surface area contributed by atoms with E-state index in [2.05, 4.69) is 24.6 Å². The van der Waals surface area contributed by atoms with Gasteiger partial charge in [0.15, 0.2) is 0 Å². The zero-order chi connectivity index (χ0) is 13.0. The maximum atomic E-state index is 11.9. The Morgan fingerprint density at radius 1 is 1.33 bits per heavy atom. The van der Waals surface area contributed by atoms with E-state index in [1.54, 1.807) is 6.07 Å². The van der Waals surface area contributed by atoms with Crippen LogP contribution < -0.4 is 10.0 Å². The summed E-state index contributed by atoms with van der Waals surface area (Å²) in [6.45, 7) is 2.66. The number of hydrogen-bond donors (Lipinski definition) is 2. The zero-order valence-electron chi connectivity index (χ0n) is 9.49. The van der Waals surface area contributed by atoms with Crippen molar-refractivity contribution in [3.8, 4) is 0 Å². The quantitative estimate of drug-likeness (QED) is 0.855. The van der Waals surface area contributed by atoms with Gasteiger partial charge in [0, 0.05) is 24.3 Å². The first-order chi connectivity index (χ1) is 8.62. The molecule has 0 saturated carbocycles. The summed E-state index contributed by atoms with van der Waals surface area (Å²) in [5.74, 6) is 0.635. The van der Waals surface area contributed by atoms with Crippen molar-refractivity contribution in [2.75, 3.05) is 16.6 Å². The first-order valence-electron chi connectivity index (χ1n) is 5.12. The monoisotopic (exact) mass is 285 g/mol.